The minimum absolute atomic E-state index is 0.132. The summed E-state index contributed by atoms with van der Waals surface area (Å²) >= 11 is 0. The summed E-state index contributed by atoms with van der Waals surface area (Å²) < 4.78 is 5.17. The molecule has 0 aliphatic rings. The number of nitrogens with one attached hydrogen (secondary N) is 2. The molecule has 0 radical (unpaired) electrons. The maximum atomic E-state index is 12.4. The fourth-order valence-electron chi connectivity index (χ4n) is 2.91. The summed E-state index contributed by atoms with van der Waals surface area (Å²) in [5.41, 5.74) is 4.85. The van der Waals surface area contributed by atoms with Gasteiger partial charge in [-0.05, 0) is 42.7 Å². The molecule has 0 unspecified atom stereocenters. The van der Waals surface area contributed by atoms with Crippen molar-refractivity contribution < 1.29 is 9.53 Å². The number of methoxy groups -OCH3 is 1. The molecular weight excluding hydrogens is 350 g/mol. The van der Waals surface area contributed by atoms with Crippen LogP contribution in [-0.2, 0) is 13.0 Å². The summed E-state index contributed by atoms with van der Waals surface area (Å²) in [5, 5.41) is 6.27. The molecule has 3 rings (SSSR count). The quantitative estimate of drug-likeness (QED) is 0.625. The zero-order valence-electron chi connectivity index (χ0n) is 16.2. The number of nitrogens with zero attached hydrogens (tertiary/aromatic N) is 1. The van der Waals surface area contributed by atoms with Crippen LogP contribution < -0.4 is 15.4 Å². The van der Waals surface area contributed by atoms with Crippen molar-refractivity contribution in [3.8, 4) is 5.75 Å². The first-order valence-corrected chi connectivity index (χ1v) is 9.29. The number of hydrogen-bond donors (Lipinski definition) is 2. The maximum absolute atomic E-state index is 12.4. The number of aromatic nitrogens is 1. The third kappa shape index (κ3) is 5.58. The summed E-state index contributed by atoms with van der Waals surface area (Å²) in [6.07, 6.45) is 4.18. The van der Waals surface area contributed by atoms with Gasteiger partial charge in [0.25, 0.3) is 5.91 Å². The lowest BCUT2D eigenvalue weighted by atomic mass is 10.1. The molecule has 5 nitrogen and oxygen atoms in total. The first kappa shape index (κ1) is 19.4. The Hall–Kier alpha value is -3.34. The van der Waals surface area contributed by atoms with E-state index in [4.69, 9.17) is 4.74 Å². The molecule has 0 fully saturated rings. The second-order valence-electron chi connectivity index (χ2n) is 6.66. The van der Waals surface area contributed by atoms with E-state index in [1.807, 2.05) is 55.5 Å². The summed E-state index contributed by atoms with van der Waals surface area (Å²) in [4.78, 5) is 16.6. The average molecular weight is 375 g/mol. The number of amides is 1. The minimum Gasteiger partial charge on any atom is -0.497 e. The fraction of sp³-hybridized carbons (Fsp3) is 0.217. The van der Waals surface area contributed by atoms with Gasteiger partial charge < -0.3 is 15.4 Å². The zero-order chi connectivity index (χ0) is 19.8. The average Bonchev–Trinajstić information content (AvgIpc) is 2.73. The van der Waals surface area contributed by atoms with Gasteiger partial charge in [-0.15, -0.1) is 0 Å². The van der Waals surface area contributed by atoms with Gasteiger partial charge in [0, 0.05) is 25.5 Å². The molecule has 144 valence electrons. The van der Waals surface area contributed by atoms with Crippen LogP contribution in [0.3, 0.4) is 0 Å². The molecule has 1 aromatic heterocycles. The Balaban J connectivity index is 1.51. The number of hydrogen-bond acceptors (Lipinski definition) is 4. The second-order valence-corrected chi connectivity index (χ2v) is 6.66. The lowest BCUT2D eigenvalue weighted by Gasteiger charge is -2.09. The molecular formula is C23H25N3O2. The van der Waals surface area contributed by atoms with Gasteiger partial charge in [-0.25, -0.2) is 0 Å². The van der Waals surface area contributed by atoms with Crippen LogP contribution in [0.5, 0.6) is 5.75 Å². The highest BCUT2D eigenvalue weighted by Crippen LogP contribution is 2.13. The van der Waals surface area contributed by atoms with E-state index in [0.29, 0.717) is 12.1 Å². The Bertz CT molecular complexity index is 923. The van der Waals surface area contributed by atoms with E-state index < -0.39 is 0 Å². The summed E-state index contributed by atoms with van der Waals surface area (Å²) in [7, 11) is 1.66. The number of carbonyl (C=O) groups excluding carboxylic acids is 1. The highest BCUT2D eigenvalue weighted by atomic mass is 16.5. The van der Waals surface area contributed by atoms with E-state index in [0.717, 1.165) is 30.0 Å². The van der Waals surface area contributed by atoms with E-state index in [9.17, 15) is 4.79 Å². The Morgan fingerprint density at radius 2 is 1.86 bits per heavy atom. The van der Waals surface area contributed by atoms with Gasteiger partial charge in [0.05, 0.1) is 18.4 Å². The van der Waals surface area contributed by atoms with Crippen molar-refractivity contribution in [3.05, 3.63) is 89.2 Å². The summed E-state index contributed by atoms with van der Waals surface area (Å²) in [6.45, 7) is 3.29. The van der Waals surface area contributed by atoms with E-state index in [-0.39, 0.29) is 5.91 Å². The monoisotopic (exact) mass is 375 g/mol. The van der Waals surface area contributed by atoms with Crippen molar-refractivity contribution in [2.45, 2.75) is 19.9 Å². The first-order valence-electron chi connectivity index (χ1n) is 9.29. The van der Waals surface area contributed by atoms with Crippen molar-refractivity contribution >= 4 is 11.6 Å². The lowest BCUT2D eigenvalue weighted by molar-refractivity contribution is 0.0950. The normalized spacial score (nSPS) is 10.4. The molecule has 0 atom stereocenters. The van der Waals surface area contributed by atoms with Crippen LogP contribution in [0.15, 0.2) is 67.0 Å². The van der Waals surface area contributed by atoms with Crippen molar-refractivity contribution in [1.82, 2.24) is 10.3 Å². The number of anilines is 1. The van der Waals surface area contributed by atoms with E-state index in [1.165, 1.54) is 11.1 Å². The molecule has 0 aliphatic carbocycles. The van der Waals surface area contributed by atoms with Crippen LogP contribution in [0.4, 0.5) is 5.69 Å². The van der Waals surface area contributed by atoms with E-state index in [1.54, 1.807) is 19.5 Å². The van der Waals surface area contributed by atoms with Crippen molar-refractivity contribution in [2.75, 3.05) is 19.0 Å². The Morgan fingerprint density at radius 3 is 2.61 bits per heavy atom. The highest BCUT2D eigenvalue weighted by Gasteiger charge is 2.07. The molecule has 1 heterocycles. The van der Waals surface area contributed by atoms with Crippen LogP contribution in [0.2, 0.25) is 0 Å². The van der Waals surface area contributed by atoms with Crippen LogP contribution >= 0.6 is 0 Å². The molecule has 0 saturated heterocycles. The van der Waals surface area contributed by atoms with Crippen LogP contribution in [0.1, 0.15) is 27.0 Å². The highest BCUT2D eigenvalue weighted by molar-refractivity contribution is 5.94. The fourth-order valence-corrected chi connectivity index (χ4v) is 2.91. The van der Waals surface area contributed by atoms with Crippen LogP contribution in [0, 0.1) is 6.92 Å². The topological polar surface area (TPSA) is 63.2 Å². The SMILES string of the molecule is COc1ccc(CCNc2cncc(C(=O)NCc3cccc(C)c3)c2)cc1. The molecule has 1 amide bonds. The van der Waals surface area contributed by atoms with Crippen molar-refractivity contribution in [2.24, 2.45) is 0 Å². The molecule has 5 heteroatoms. The molecule has 3 aromatic rings. The van der Waals surface area contributed by atoms with E-state index >= 15 is 0 Å². The molecule has 2 N–H and O–H groups in total. The standard InChI is InChI=1S/C23H25N3O2/c1-17-4-3-5-19(12-17)14-26-23(27)20-13-21(16-24-15-20)25-11-10-18-6-8-22(28-2)9-7-18/h3-9,12-13,15-16,25H,10-11,14H2,1-2H3,(H,26,27). The second kappa shape index (κ2) is 9.55. The minimum atomic E-state index is -0.132. The van der Waals surface area contributed by atoms with Gasteiger partial charge in [0.15, 0.2) is 0 Å². The Labute approximate surface area is 165 Å². The van der Waals surface area contributed by atoms with Crippen molar-refractivity contribution in [1.29, 1.82) is 0 Å². The largest absolute Gasteiger partial charge is 0.497 e. The smallest absolute Gasteiger partial charge is 0.253 e. The van der Waals surface area contributed by atoms with Crippen molar-refractivity contribution in [3.63, 3.8) is 0 Å². The van der Waals surface area contributed by atoms with Gasteiger partial charge >= 0.3 is 0 Å². The first-order chi connectivity index (χ1) is 13.6. The Morgan fingerprint density at radius 1 is 1.04 bits per heavy atom. The molecule has 2 aromatic carbocycles. The molecule has 0 aliphatic heterocycles. The molecule has 0 bridgehead atoms. The Kier molecular flexibility index (Phi) is 6.63. The number of carbonyl (C=O) groups is 1. The number of rotatable bonds is 8. The van der Waals surface area contributed by atoms with E-state index in [2.05, 4.69) is 21.7 Å². The number of ether oxygens (including phenoxy) is 1. The zero-order valence-corrected chi connectivity index (χ0v) is 16.2. The third-order valence-corrected chi connectivity index (χ3v) is 4.44. The van der Waals surface area contributed by atoms with Gasteiger partial charge in [-0.1, -0.05) is 42.0 Å². The number of benzene rings is 2. The maximum Gasteiger partial charge on any atom is 0.253 e. The predicted octanol–water partition coefficient (Wildman–Crippen LogP) is 3.98. The summed E-state index contributed by atoms with van der Waals surface area (Å²) in [6, 6.07) is 17.9. The molecule has 28 heavy (non-hydrogen) atoms. The van der Waals surface area contributed by atoms with Gasteiger partial charge in [0.2, 0.25) is 0 Å². The molecule has 0 spiro atoms. The predicted molar refractivity (Wildman–Crippen MR) is 112 cm³/mol. The van der Waals surface area contributed by atoms with Gasteiger partial charge in [-0.3, -0.25) is 9.78 Å². The summed E-state index contributed by atoms with van der Waals surface area (Å²) in [5.74, 6) is 0.720. The molecule has 0 saturated carbocycles. The third-order valence-electron chi connectivity index (χ3n) is 4.44. The van der Waals surface area contributed by atoms with Gasteiger partial charge in [-0.2, -0.15) is 0 Å². The van der Waals surface area contributed by atoms with Crippen LogP contribution in [-0.4, -0.2) is 24.5 Å². The number of pyridine rings is 1. The number of aryl methyl sites for hydroxylation is 1. The van der Waals surface area contributed by atoms with Crippen LogP contribution in [0.25, 0.3) is 0 Å². The lowest BCUT2D eigenvalue weighted by Crippen LogP contribution is -2.23. The van der Waals surface area contributed by atoms with Gasteiger partial charge in [0.1, 0.15) is 5.75 Å².